The van der Waals surface area contributed by atoms with Gasteiger partial charge < -0.3 is 10.6 Å². The zero-order valence-corrected chi connectivity index (χ0v) is 10.8. The van der Waals surface area contributed by atoms with Crippen molar-refractivity contribution < 1.29 is 9.18 Å². The molecular formula is C14H17FN2O. The molecule has 1 aromatic carbocycles. The standard InChI is InChI=1S/C14H17FN2O/c1-10(2)17(3)14(18)13-9-12(15)7-6-11(13)5-4-8-16/h6-7,9-10H,8,16H2,1-3H3. The van der Waals surface area contributed by atoms with E-state index in [1.54, 1.807) is 11.9 Å². The van der Waals surface area contributed by atoms with Crippen LogP contribution in [0.15, 0.2) is 18.2 Å². The molecule has 0 fully saturated rings. The fourth-order valence-electron chi connectivity index (χ4n) is 1.37. The molecule has 4 heteroatoms. The average Bonchev–Trinajstić information content (AvgIpc) is 2.35. The van der Waals surface area contributed by atoms with Crippen LogP contribution in [-0.2, 0) is 0 Å². The van der Waals surface area contributed by atoms with Crippen LogP contribution in [0.4, 0.5) is 4.39 Å². The number of halogens is 1. The second-order valence-electron chi connectivity index (χ2n) is 4.21. The van der Waals surface area contributed by atoms with Gasteiger partial charge in [-0.25, -0.2) is 4.39 Å². The second kappa shape index (κ2) is 6.18. The van der Waals surface area contributed by atoms with Gasteiger partial charge in [0.2, 0.25) is 0 Å². The minimum Gasteiger partial charge on any atom is -0.339 e. The van der Waals surface area contributed by atoms with Crippen LogP contribution in [0.25, 0.3) is 0 Å². The molecule has 0 unspecified atom stereocenters. The number of amides is 1. The van der Waals surface area contributed by atoms with E-state index < -0.39 is 5.82 Å². The number of benzene rings is 1. The SMILES string of the molecule is CC(C)N(C)C(=O)c1cc(F)ccc1C#CCN. The zero-order valence-electron chi connectivity index (χ0n) is 10.8. The smallest absolute Gasteiger partial charge is 0.255 e. The number of hydrogen-bond donors (Lipinski definition) is 1. The topological polar surface area (TPSA) is 46.3 Å². The molecule has 1 rings (SSSR count). The van der Waals surface area contributed by atoms with Crippen molar-refractivity contribution in [3.05, 3.63) is 35.1 Å². The van der Waals surface area contributed by atoms with Crippen LogP contribution in [0.2, 0.25) is 0 Å². The van der Waals surface area contributed by atoms with Gasteiger partial charge in [-0.2, -0.15) is 0 Å². The van der Waals surface area contributed by atoms with Gasteiger partial charge in [-0.15, -0.1) is 0 Å². The van der Waals surface area contributed by atoms with Gasteiger partial charge in [0, 0.05) is 18.7 Å². The largest absolute Gasteiger partial charge is 0.339 e. The Morgan fingerprint density at radius 2 is 2.17 bits per heavy atom. The van der Waals surface area contributed by atoms with Crippen molar-refractivity contribution in [3.63, 3.8) is 0 Å². The Labute approximate surface area is 107 Å². The van der Waals surface area contributed by atoms with Crippen molar-refractivity contribution in [2.24, 2.45) is 5.73 Å². The Hall–Kier alpha value is -1.86. The van der Waals surface area contributed by atoms with Gasteiger partial charge in [-0.1, -0.05) is 11.8 Å². The summed E-state index contributed by atoms with van der Waals surface area (Å²) >= 11 is 0. The molecule has 18 heavy (non-hydrogen) atoms. The first kappa shape index (κ1) is 14.2. The summed E-state index contributed by atoms with van der Waals surface area (Å²) in [6.07, 6.45) is 0. The Morgan fingerprint density at radius 1 is 1.50 bits per heavy atom. The highest BCUT2D eigenvalue weighted by atomic mass is 19.1. The number of rotatable bonds is 2. The van der Waals surface area contributed by atoms with Crippen LogP contribution in [0.3, 0.4) is 0 Å². The molecule has 3 nitrogen and oxygen atoms in total. The molecule has 0 saturated carbocycles. The predicted molar refractivity (Wildman–Crippen MR) is 69.6 cm³/mol. The molecule has 0 saturated heterocycles. The molecule has 1 amide bonds. The molecular weight excluding hydrogens is 231 g/mol. The quantitative estimate of drug-likeness (QED) is 0.808. The maximum absolute atomic E-state index is 13.3. The van der Waals surface area contributed by atoms with E-state index in [1.165, 1.54) is 18.2 Å². The van der Waals surface area contributed by atoms with E-state index in [1.807, 2.05) is 13.8 Å². The molecule has 0 radical (unpaired) electrons. The predicted octanol–water partition coefficient (Wildman–Crippen LogP) is 1.62. The van der Waals surface area contributed by atoms with Crippen molar-refractivity contribution >= 4 is 5.91 Å². The minimum absolute atomic E-state index is 0.0380. The summed E-state index contributed by atoms with van der Waals surface area (Å²) in [4.78, 5) is 13.7. The average molecular weight is 248 g/mol. The fraction of sp³-hybridized carbons (Fsp3) is 0.357. The van der Waals surface area contributed by atoms with Crippen LogP contribution in [-0.4, -0.2) is 30.4 Å². The van der Waals surface area contributed by atoms with Crippen molar-refractivity contribution in [1.82, 2.24) is 4.90 Å². The minimum atomic E-state index is -0.450. The molecule has 0 atom stereocenters. The lowest BCUT2D eigenvalue weighted by Gasteiger charge is -2.22. The highest BCUT2D eigenvalue weighted by molar-refractivity contribution is 5.96. The summed E-state index contributed by atoms with van der Waals surface area (Å²) in [6, 6.07) is 4.03. The summed E-state index contributed by atoms with van der Waals surface area (Å²) in [7, 11) is 1.68. The van der Waals surface area contributed by atoms with Crippen molar-refractivity contribution in [1.29, 1.82) is 0 Å². The molecule has 96 valence electrons. The van der Waals surface area contributed by atoms with E-state index in [0.29, 0.717) is 5.56 Å². The number of nitrogens with two attached hydrogens (primary N) is 1. The van der Waals surface area contributed by atoms with E-state index in [-0.39, 0.29) is 24.1 Å². The fourth-order valence-corrected chi connectivity index (χ4v) is 1.37. The van der Waals surface area contributed by atoms with Crippen molar-refractivity contribution in [3.8, 4) is 11.8 Å². The highest BCUT2D eigenvalue weighted by Crippen LogP contribution is 2.14. The van der Waals surface area contributed by atoms with Gasteiger partial charge in [0.05, 0.1) is 12.1 Å². The first-order valence-corrected chi connectivity index (χ1v) is 5.73. The third kappa shape index (κ3) is 3.31. The van der Waals surface area contributed by atoms with Gasteiger partial charge in [0.1, 0.15) is 5.82 Å². The van der Waals surface area contributed by atoms with Crippen LogP contribution in [0, 0.1) is 17.7 Å². The maximum Gasteiger partial charge on any atom is 0.255 e. The van der Waals surface area contributed by atoms with Gasteiger partial charge in [-0.05, 0) is 32.0 Å². The molecule has 2 N–H and O–H groups in total. The van der Waals surface area contributed by atoms with Crippen molar-refractivity contribution in [2.45, 2.75) is 19.9 Å². The molecule has 0 aliphatic heterocycles. The maximum atomic E-state index is 13.3. The van der Waals surface area contributed by atoms with E-state index in [2.05, 4.69) is 11.8 Å². The van der Waals surface area contributed by atoms with Gasteiger partial charge >= 0.3 is 0 Å². The second-order valence-corrected chi connectivity index (χ2v) is 4.21. The monoisotopic (exact) mass is 248 g/mol. The van der Waals surface area contributed by atoms with Crippen LogP contribution < -0.4 is 5.73 Å². The molecule has 0 aliphatic rings. The van der Waals surface area contributed by atoms with E-state index in [0.717, 1.165) is 0 Å². The third-order valence-corrected chi connectivity index (χ3v) is 2.63. The third-order valence-electron chi connectivity index (χ3n) is 2.63. The number of hydrogen-bond acceptors (Lipinski definition) is 2. The summed E-state index contributed by atoms with van der Waals surface area (Å²) in [6.45, 7) is 3.98. The molecule has 0 aromatic heterocycles. The lowest BCUT2D eigenvalue weighted by atomic mass is 10.1. The lowest BCUT2D eigenvalue weighted by Crippen LogP contribution is -2.33. The first-order valence-electron chi connectivity index (χ1n) is 5.73. The van der Waals surface area contributed by atoms with E-state index in [4.69, 9.17) is 5.73 Å². The van der Waals surface area contributed by atoms with E-state index in [9.17, 15) is 9.18 Å². The lowest BCUT2D eigenvalue weighted by molar-refractivity contribution is 0.0754. The van der Waals surface area contributed by atoms with Gasteiger partial charge in [0.25, 0.3) is 5.91 Å². The van der Waals surface area contributed by atoms with Crippen LogP contribution in [0.5, 0.6) is 0 Å². The molecule has 0 spiro atoms. The number of nitrogens with zero attached hydrogens (tertiary/aromatic N) is 1. The Balaban J connectivity index is 3.20. The summed E-state index contributed by atoms with van der Waals surface area (Å²) in [5.74, 6) is 4.76. The molecule has 0 heterocycles. The molecule has 1 aromatic rings. The van der Waals surface area contributed by atoms with Gasteiger partial charge in [0.15, 0.2) is 0 Å². The van der Waals surface area contributed by atoms with E-state index >= 15 is 0 Å². The molecule has 0 bridgehead atoms. The van der Waals surface area contributed by atoms with Crippen molar-refractivity contribution in [2.75, 3.05) is 13.6 Å². The Bertz CT molecular complexity index is 500. The Morgan fingerprint density at radius 3 is 2.72 bits per heavy atom. The van der Waals surface area contributed by atoms with Crippen LogP contribution in [0.1, 0.15) is 29.8 Å². The zero-order chi connectivity index (χ0) is 13.7. The summed E-state index contributed by atoms with van der Waals surface area (Å²) in [5, 5.41) is 0. The van der Waals surface area contributed by atoms with Gasteiger partial charge in [-0.3, -0.25) is 4.79 Å². The summed E-state index contributed by atoms with van der Waals surface area (Å²) in [5.41, 5.74) is 6.07. The molecule has 0 aliphatic carbocycles. The highest BCUT2D eigenvalue weighted by Gasteiger charge is 2.17. The summed E-state index contributed by atoms with van der Waals surface area (Å²) < 4.78 is 13.3. The van der Waals surface area contributed by atoms with Crippen LogP contribution >= 0.6 is 0 Å². The normalized spacial score (nSPS) is 9.89. The Kier molecular flexibility index (Phi) is 4.87. The number of carbonyl (C=O) groups is 1. The first-order chi connectivity index (χ1) is 8.47. The number of carbonyl (C=O) groups excluding carboxylic acids is 1.